The molecule has 0 radical (unpaired) electrons. The lowest BCUT2D eigenvalue weighted by Crippen LogP contribution is -2.50. The van der Waals surface area contributed by atoms with Crippen LogP contribution in [0, 0.1) is 46.3 Å². The second-order valence-electron chi connectivity index (χ2n) is 11.9. The van der Waals surface area contributed by atoms with Crippen molar-refractivity contribution in [2.75, 3.05) is 0 Å². The number of alkyl halides is 3. The lowest BCUT2D eigenvalue weighted by atomic mass is 9.47. The molecule has 4 aliphatic rings. The Kier molecular flexibility index (Phi) is 5.91. The zero-order chi connectivity index (χ0) is 21.9. The van der Waals surface area contributed by atoms with Gasteiger partial charge in [0.25, 0.3) is 0 Å². The Labute approximate surface area is 180 Å². The van der Waals surface area contributed by atoms with Gasteiger partial charge in [-0.05, 0) is 105 Å². The molecule has 0 aromatic carbocycles. The maximum absolute atomic E-state index is 13.0. The molecule has 3 saturated carbocycles. The summed E-state index contributed by atoms with van der Waals surface area (Å²) in [6, 6.07) is 0. The number of hydrogen-bond donors (Lipinski definition) is 1. The topological polar surface area (TPSA) is 20.2 Å². The highest BCUT2D eigenvalue weighted by Gasteiger charge is 2.59. The normalized spacial score (nSPS) is 45.7. The van der Waals surface area contributed by atoms with E-state index in [9.17, 15) is 18.3 Å². The van der Waals surface area contributed by atoms with Gasteiger partial charge < -0.3 is 5.11 Å². The Balaban J connectivity index is 1.47. The molecule has 0 spiro atoms. The third kappa shape index (κ3) is 3.67. The van der Waals surface area contributed by atoms with Crippen molar-refractivity contribution in [1.82, 2.24) is 0 Å². The average molecular weight is 427 g/mol. The lowest BCUT2D eigenvalue weighted by molar-refractivity contribution is -0.172. The fraction of sp³-hybridized carbons (Fsp3) is 0.923. The first-order valence-corrected chi connectivity index (χ1v) is 12.4. The summed E-state index contributed by atoms with van der Waals surface area (Å²) < 4.78 is 38.9. The summed E-state index contributed by atoms with van der Waals surface area (Å²) >= 11 is 0. The van der Waals surface area contributed by atoms with Crippen molar-refractivity contribution in [2.45, 2.75) is 104 Å². The molecule has 1 N–H and O–H groups in total. The Morgan fingerprint density at radius 2 is 1.77 bits per heavy atom. The van der Waals surface area contributed by atoms with Crippen LogP contribution < -0.4 is 0 Å². The first-order chi connectivity index (χ1) is 14.0. The molecular formula is C26H41F3O. The number of fused-ring (bicyclic) bond motifs is 5. The molecule has 1 nitrogen and oxygen atoms in total. The minimum absolute atomic E-state index is 0.162. The first-order valence-electron chi connectivity index (χ1n) is 12.4. The SMILES string of the molecule is CC(CC[C@@H](C)C1CCC2C3CC=C4CC(O)CCC4(C)C3CCC21C)C(F)(F)F. The van der Waals surface area contributed by atoms with Crippen LogP contribution in [-0.2, 0) is 0 Å². The van der Waals surface area contributed by atoms with Crippen molar-refractivity contribution in [2.24, 2.45) is 46.3 Å². The van der Waals surface area contributed by atoms with Gasteiger partial charge in [-0.25, -0.2) is 0 Å². The van der Waals surface area contributed by atoms with E-state index in [1.807, 2.05) is 0 Å². The predicted molar refractivity (Wildman–Crippen MR) is 115 cm³/mol. The van der Waals surface area contributed by atoms with Crippen LogP contribution >= 0.6 is 0 Å². The van der Waals surface area contributed by atoms with Crippen LogP contribution in [0.4, 0.5) is 13.2 Å². The highest BCUT2D eigenvalue weighted by molar-refractivity contribution is 5.25. The average Bonchev–Trinajstić information content (AvgIpc) is 3.03. The third-order valence-electron chi connectivity index (χ3n) is 10.5. The zero-order valence-corrected chi connectivity index (χ0v) is 19.3. The van der Waals surface area contributed by atoms with E-state index >= 15 is 0 Å². The van der Waals surface area contributed by atoms with E-state index in [-0.39, 0.29) is 23.4 Å². The smallest absolute Gasteiger partial charge is 0.391 e. The summed E-state index contributed by atoms with van der Waals surface area (Å²) in [4.78, 5) is 0. The van der Waals surface area contributed by atoms with E-state index in [4.69, 9.17) is 0 Å². The van der Waals surface area contributed by atoms with Gasteiger partial charge in [0, 0.05) is 0 Å². The van der Waals surface area contributed by atoms with E-state index in [2.05, 4.69) is 26.8 Å². The summed E-state index contributed by atoms with van der Waals surface area (Å²) in [6.45, 7) is 8.49. The largest absolute Gasteiger partial charge is 0.393 e. The maximum atomic E-state index is 13.0. The minimum Gasteiger partial charge on any atom is -0.393 e. The molecule has 0 aromatic heterocycles. The van der Waals surface area contributed by atoms with Crippen molar-refractivity contribution in [3.05, 3.63) is 11.6 Å². The molecule has 9 atom stereocenters. The fourth-order valence-electron chi connectivity index (χ4n) is 8.49. The van der Waals surface area contributed by atoms with Gasteiger partial charge in [0.1, 0.15) is 0 Å². The van der Waals surface area contributed by atoms with Gasteiger partial charge in [0.15, 0.2) is 0 Å². The summed E-state index contributed by atoms with van der Waals surface area (Å²) in [6.07, 6.45) is 8.18. The van der Waals surface area contributed by atoms with Gasteiger partial charge in [-0.2, -0.15) is 13.2 Å². The molecule has 4 aliphatic carbocycles. The summed E-state index contributed by atoms with van der Waals surface area (Å²) in [5.41, 5.74) is 2.06. The maximum Gasteiger partial charge on any atom is 0.391 e. The number of hydrogen-bond acceptors (Lipinski definition) is 1. The highest BCUT2D eigenvalue weighted by Crippen LogP contribution is 2.67. The van der Waals surface area contributed by atoms with Crippen LogP contribution in [0.15, 0.2) is 11.6 Å². The molecule has 0 heterocycles. The number of rotatable bonds is 4. The predicted octanol–water partition coefficient (Wildman–Crippen LogP) is 7.54. The molecule has 30 heavy (non-hydrogen) atoms. The van der Waals surface area contributed by atoms with Crippen LogP contribution in [0.5, 0.6) is 0 Å². The van der Waals surface area contributed by atoms with E-state index in [1.54, 1.807) is 0 Å². The molecule has 4 rings (SSSR count). The van der Waals surface area contributed by atoms with Crippen molar-refractivity contribution in [1.29, 1.82) is 0 Å². The minimum atomic E-state index is -4.06. The fourth-order valence-corrected chi connectivity index (χ4v) is 8.49. The van der Waals surface area contributed by atoms with Crippen molar-refractivity contribution in [3.63, 3.8) is 0 Å². The van der Waals surface area contributed by atoms with Crippen molar-refractivity contribution < 1.29 is 18.3 Å². The molecule has 172 valence electrons. The van der Waals surface area contributed by atoms with Crippen LogP contribution in [0.2, 0.25) is 0 Å². The molecule has 0 bridgehead atoms. The van der Waals surface area contributed by atoms with Crippen molar-refractivity contribution >= 4 is 0 Å². The molecule has 8 unspecified atom stereocenters. The standard InChI is InChI=1S/C26H41F3O/c1-16(5-6-17(2)26(27,28)29)21-9-10-22-20-8-7-18-15-19(30)11-13-24(18,3)23(20)12-14-25(21,22)4/h7,16-17,19-23,30H,5-6,8-15H2,1-4H3/t16-,17?,19?,20?,21?,22?,23?,24?,25?/m1/s1. The number of aliphatic hydroxyl groups is 1. The Bertz CT molecular complexity index is 670. The van der Waals surface area contributed by atoms with Gasteiger partial charge >= 0.3 is 6.18 Å². The van der Waals surface area contributed by atoms with E-state index in [0.717, 1.165) is 37.5 Å². The van der Waals surface area contributed by atoms with Gasteiger partial charge in [0.2, 0.25) is 0 Å². The molecule has 0 aliphatic heterocycles. The zero-order valence-electron chi connectivity index (χ0n) is 19.3. The second kappa shape index (κ2) is 7.81. The van der Waals surface area contributed by atoms with Gasteiger partial charge in [-0.3, -0.25) is 0 Å². The van der Waals surface area contributed by atoms with Crippen LogP contribution in [0.3, 0.4) is 0 Å². The van der Waals surface area contributed by atoms with E-state index < -0.39 is 12.1 Å². The van der Waals surface area contributed by atoms with Crippen LogP contribution in [0.1, 0.15) is 91.9 Å². The summed E-state index contributed by atoms with van der Waals surface area (Å²) in [7, 11) is 0. The Morgan fingerprint density at radius 1 is 1.03 bits per heavy atom. The molecular weight excluding hydrogens is 385 g/mol. The molecule has 0 saturated heterocycles. The Hall–Kier alpha value is -0.510. The Morgan fingerprint density at radius 3 is 2.47 bits per heavy atom. The monoisotopic (exact) mass is 426 g/mol. The molecule has 0 aromatic rings. The van der Waals surface area contributed by atoms with Gasteiger partial charge in [-0.1, -0.05) is 39.3 Å². The highest BCUT2D eigenvalue weighted by atomic mass is 19.4. The number of allylic oxidation sites excluding steroid dienone is 1. The van der Waals surface area contributed by atoms with Gasteiger partial charge in [-0.15, -0.1) is 0 Å². The van der Waals surface area contributed by atoms with Crippen LogP contribution in [-0.4, -0.2) is 17.4 Å². The summed E-state index contributed by atoms with van der Waals surface area (Å²) in [5.74, 6) is 1.91. The number of halogens is 3. The molecule has 0 amide bonds. The molecule has 4 heteroatoms. The van der Waals surface area contributed by atoms with Crippen LogP contribution in [0.25, 0.3) is 0 Å². The first kappa shape index (κ1) is 22.7. The quantitative estimate of drug-likeness (QED) is 0.460. The van der Waals surface area contributed by atoms with E-state index in [1.165, 1.54) is 38.2 Å². The third-order valence-corrected chi connectivity index (χ3v) is 10.5. The van der Waals surface area contributed by atoms with Gasteiger partial charge in [0.05, 0.1) is 12.0 Å². The number of aliphatic hydroxyl groups excluding tert-OH is 1. The molecule has 3 fully saturated rings. The summed E-state index contributed by atoms with van der Waals surface area (Å²) in [5, 5.41) is 10.2. The van der Waals surface area contributed by atoms with E-state index in [0.29, 0.717) is 24.2 Å². The van der Waals surface area contributed by atoms with Crippen molar-refractivity contribution in [3.8, 4) is 0 Å². The second-order valence-corrected chi connectivity index (χ2v) is 11.9. The lowest BCUT2D eigenvalue weighted by Gasteiger charge is -2.58.